The Morgan fingerprint density at radius 3 is 2.41 bits per heavy atom. The first kappa shape index (κ1) is 21.9. The Bertz CT molecular complexity index is 1280. The van der Waals surface area contributed by atoms with Gasteiger partial charge in [0, 0.05) is 23.8 Å². The number of carbonyl (C=O) groups is 1. The van der Waals surface area contributed by atoms with Crippen molar-refractivity contribution in [1.29, 1.82) is 0 Å². The first-order chi connectivity index (χ1) is 16.6. The van der Waals surface area contributed by atoms with E-state index in [-0.39, 0.29) is 12.5 Å². The summed E-state index contributed by atoms with van der Waals surface area (Å²) in [5, 5.41) is 4.12. The van der Waals surface area contributed by atoms with Crippen LogP contribution in [0.1, 0.15) is 31.7 Å². The molecular weight excluding hydrogens is 428 g/mol. The molecule has 0 unspecified atom stereocenters. The van der Waals surface area contributed by atoms with Gasteiger partial charge in [0.05, 0.1) is 11.9 Å². The summed E-state index contributed by atoms with van der Waals surface area (Å²) in [6.45, 7) is 0.222. The Kier molecular flexibility index (Phi) is 6.14. The van der Waals surface area contributed by atoms with E-state index in [1.54, 1.807) is 0 Å². The van der Waals surface area contributed by atoms with Gasteiger partial charge in [-0.25, -0.2) is 9.97 Å². The van der Waals surface area contributed by atoms with Gasteiger partial charge in [-0.3, -0.25) is 4.79 Å². The molecule has 2 heterocycles. The second kappa shape index (κ2) is 9.52. The van der Waals surface area contributed by atoms with E-state index in [2.05, 4.69) is 26.0 Å². The maximum Gasteiger partial charge on any atom is 0.231 e. The molecule has 0 bridgehead atoms. The van der Waals surface area contributed by atoms with Crippen LogP contribution in [0.5, 0.6) is 11.5 Å². The number of ether oxygens (including phenoxy) is 1. The number of aromatic nitrogens is 3. The van der Waals surface area contributed by atoms with Crippen molar-refractivity contribution in [1.82, 2.24) is 19.9 Å². The number of nitrogens with two attached hydrogens (primary N) is 2. The van der Waals surface area contributed by atoms with E-state index in [0.717, 1.165) is 59.3 Å². The molecule has 1 fully saturated rings. The number of fused-ring (bicyclic) bond motifs is 1. The molecule has 0 atom stereocenters. The molecule has 1 aliphatic carbocycles. The fourth-order valence-corrected chi connectivity index (χ4v) is 4.74. The number of amides is 1. The summed E-state index contributed by atoms with van der Waals surface area (Å²) in [6.07, 6.45) is 7.57. The molecule has 0 saturated heterocycles. The van der Waals surface area contributed by atoms with E-state index in [4.69, 9.17) is 16.2 Å². The van der Waals surface area contributed by atoms with Crippen LogP contribution in [-0.4, -0.2) is 33.0 Å². The lowest BCUT2D eigenvalue weighted by molar-refractivity contribution is -0.117. The molecule has 4 aromatic rings. The monoisotopic (exact) mass is 456 g/mol. The number of nitrogens with zero attached hydrogens (tertiary/aromatic N) is 3. The quantitative estimate of drug-likeness (QED) is 0.386. The number of carbonyl (C=O) groups excluding carboxylic acids is 1. The van der Waals surface area contributed by atoms with Crippen LogP contribution in [0, 0.1) is 0 Å². The molecule has 0 aliphatic heterocycles. The van der Waals surface area contributed by atoms with Crippen LogP contribution < -0.4 is 21.5 Å². The number of hydrogen-bond donors (Lipinski definition) is 3. The van der Waals surface area contributed by atoms with E-state index < -0.39 is 0 Å². The molecule has 8 nitrogen and oxygen atoms in total. The highest BCUT2D eigenvalue weighted by Crippen LogP contribution is 2.38. The van der Waals surface area contributed by atoms with Crippen molar-refractivity contribution >= 4 is 22.8 Å². The Labute approximate surface area is 198 Å². The molecule has 34 heavy (non-hydrogen) atoms. The molecule has 5 N–H and O–H groups in total. The van der Waals surface area contributed by atoms with E-state index in [0.29, 0.717) is 17.9 Å². The molecule has 1 amide bonds. The van der Waals surface area contributed by atoms with Gasteiger partial charge >= 0.3 is 0 Å². The van der Waals surface area contributed by atoms with Gasteiger partial charge in [-0.2, -0.15) is 0 Å². The van der Waals surface area contributed by atoms with Gasteiger partial charge in [-0.1, -0.05) is 30.3 Å². The van der Waals surface area contributed by atoms with Crippen molar-refractivity contribution in [3.63, 3.8) is 0 Å². The van der Waals surface area contributed by atoms with Gasteiger partial charge in [0.1, 0.15) is 29.3 Å². The average molecular weight is 457 g/mol. The lowest BCUT2D eigenvalue weighted by atomic mass is 9.91. The van der Waals surface area contributed by atoms with Crippen molar-refractivity contribution in [2.24, 2.45) is 5.73 Å². The lowest BCUT2D eigenvalue weighted by Gasteiger charge is -2.30. The zero-order valence-electron chi connectivity index (χ0n) is 18.9. The Morgan fingerprint density at radius 1 is 1.00 bits per heavy atom. The summed E-state index contributed by atoms with van der Waals surface area (Å²) < 4.78 is 8.17. The van der Waals surface area contributed by atoms with E-state index >= 15 is 0 Å². The van der Waals surface area contributed by atoms with Crippen LogP contribution in [-0.2, 0) is 4.79 Å². The van der Waals surface area contributed by atoms with Gasteiger partial charge in [0.2, 0.25) is 5.91 Å². The molecule has 8 heteroatoms. The highest BCUT2D eigenvalue weighted by atomic mass is 16.5. The molecule has 1 aliphatic rings. The number of benzene rings is 2. The fourth-order valence-electron chi connectivity index (χ4n) is 4.74. The number of para-hydroxylation sites is 1. The zero-order chi connectivity index (χ0) is 23.5. The predicted octanol–water partition coefficient (Wildman–Crippen LogP) is 4.03. The number of rotatable bonds is 7. The molecule has 174 valence electrons. The highest BCUT2D eigenvalue weighted by Gasteiger charge is 2.25. The average Bonchev–Trinajstić information content (AvgIpc) is 3.25. The molecule has 1 saturated carbocycles. The van der Waals surface area contributed by atoms with Crippen molar-refractivity contribution in [2.45, 2.75) is 37.8 Å². The summed E-state index contributed by atoms with van der Waals surface area (Å²) in [5.41, 5.74) is 14.5. The summed E-state index contributed by atoms with van der Waals surface area (Å²) in [6, 6.07) is 18.3. The lowest BCUT2D eigenvalue weighted by Crippen LogP contribution is -2.39. The SMILES string of the molecule is NC(=O)CNC1CCC(n2cc(-c3ccc(Oc4ccccc4)cc3)c3c(N)ncnc32)CC1. The van der Waals surface area contributed by atoms with Crippen LogP contribution in [0.25, 0.3) is 22.2 Å². The van der Waals surface area contributed by atoms with Crippen LogP contribution in [0.15, 0.2) is 67.1 Å². The topological polar surface area (TPSA) is 121 Å². The first-order valence-electron chi connectivity index (χ1n) is 11.5. The van der Waals surface area contributed by atoms with Gasteiger partial charge in [0.25, 0.3) is 0 Å². The Balaban J connectivity index is 1.40. The number of anilines is 1. The Hall–Kier alpha value is -3.91. The molecule has 0 radical (unpaired) electrons. The third kappa shape index (κ3) is 4.58. The van der Waals surface area contributed by atoms with Crippen LogP contribution in [0.2, 0.25) is 0 Å². The summed E-state index contributed by atoms with van der Waals surface area (Å²) in [7, 11) is 0. The number of primary amides is 1. The zero-order valence-corrected chi connectivity index (χ0v) is 18.9. The molecule has 5 rings (SSSR count). The largest absolute Gasteiger partial charge is 0.457 e. The number of hydrogen-bond acceptors (Lipinski definition) is 6. The van der Waals surface area contributed by atoms with E-state index in [9.17, 15) is 4.79 Å². The molecule has 0 spiro atoms. The second-order valence-corrected chi connectivity index (χ2v) is 8.70. The first-order valence-corrected chi connectivity index (χ1v) is 11.5. The number of nitrogen functional groups attached to an aromatic ring is 1. The smallest absolute Gasteiger partial charge is 0.231 e. The minimum absolute atomic E-state index is 0.222. The fraction of sp³-hybridized carbons (Fsp3) is 0.269. The molecular formula is C26H28N6O2. The summed E-state index contributed by atoms with van der Waals surface area (Å²) >= 11 is 0. The standard InChI is InChI=1S/C26H28N6O2/c27-23(33)14-29-18-8-10-19(11-9-18)32-15-22(24-25(28)30-16-31-26(24)32)17-6-12-21(13-7-17)34-20-4-2-1-3-5-20/h1-7,12-13,15-16,18-19,29H,8-11,14H2,(H2,27,33)(H2,28,30,31). The van der Waals surface area contributed by atoms with Crippen molar-refractivity contribution in [3.05, 3.63) is 67.1 Å². The third-order valence-electron chi connectivity index (χ3n) is 6.44. The van der Waals surface area contributed by atoms with Crippen molar-refractivity contribution in [2.75, 3.05) is 12.3 Å². The summed E-state index contributed by atoms with van der Waals surface area (Å²) in [4.78, 5) is 19.9. The summed E-state index contributed by atoms with van der Waals surface area (Å²) in [5.74, 6) is 1.71. The second-order valence-electron chi connectivity index (χ2n) is 8.70. The van der Waals surface area contributed by atoms with Gasteiger partial charge in [-0.15, -0.1) is 0 Å². The van der Waals surface area contributed by atoms with E-state index in [1.165, 1.54) is 6.33 Å². The van der Waals surface area contributed by atoms with Crippen molar-refractivity contribution < 1.29 is 9.53 Å². The molecule has 2 aromatic heterocycles. The van der Waals surface area contributed by atoms with Crippen LogP contribution in [0.4, 0.5) is 5.82 Å². The highest BCUT2D eigenvalue weighted by molar-refractivity contribution is 6.00. The van der Waals surface area contributed by atoms with Crippen LogP contribution in [0.3, 0.4) is 0 Å². The normalized spacial score (nSPS) is 18.1. The minimum atomic E-state index is -0.324. The predicted molar refractivity (Wildman–Crippen MR) is 132 cm³/mol. The van der Waals surface area contributed by atoms with Gasteiger partial charge in [-0.05, 0) is 55.5 Å². The van der Waals surface area contributed by atoms with Gasteiger partial charge in [0.15, 0.2) is 0 Å². The number of nitrogens with one attached hydrogen (secondary N) is 1. The molecule has 2 aromatic carbocycles. The van der Waals surface area contributed by atoms with Crippen molar-refractivity contribution in [3.8, 4) is 22.6 Å². The third-order valence-corrected chi connectivity index (χ3v) is 6.44. The minimum Gasteiger partial charge on any atom is -0.457 e. The van der Waals surface area contributed by atoms with E-state index in [1.807, 2.05) is 54.6 Å². The Morgan fingerprint density at radius 2 is 1.71 bits per heavy atom. The maximum absolute atomic E-state index is 11.1. The maximum atomic E-state index is 11.1. The van der Waals surface area contributed by atoms with Gasteiger partial charge < -0.3 is 26.1 Å². The van der Waals surface area contributed by atoms with Crippen LogP contribution >= 0.6 is 0 Å².